The van der Waals surface area contributed by atoms with Gasteiger partial charge in [0.2, 0.25) is 0 Å². The summed E-state index contributed by atoms with van der Waals surface area (Å²) >= 11 is 6.05. The van der Waals surface area contributed by atoms with E-state index in [9.17, 15) is 9.18 Å². The predicted molar refractivity (Wildman–Crippen MR) is 94.6 cm³/mol. The van der Waals surface area contributed by atoms with Crippen molar-refractivity contribution >= 4 is 23.2 Å². The van der Waals surface area contributed by atoms with Crippen LogP contribution in [0.15, 0.2) is 48.5 Å². The number of nitrogens with zero attached hydrogens (tertiary/aromatic N) is 2. The molecular formula is C18H15ClFN3O2. The number of methoxy groups -OCH3 is 1. The summed E-state index contributed by atoms with van der Waals surface area (Å²) in [6.07, 6.45) is 0. The minimum atomic E-state index is -0.370. The number of aryl methyl sites for hydroxylation is 1. The molecule has 1 amide bonds. The Balaban J connectivity index is 1.82. The van der Waals surface area contributed by atoms with Crippen molar-refractivity contribution in [1.82, 2.24) is 9.78 Å². The van der Waals surface area contributed by atoms with Crippen LogP contribution in [0.1, 0.15) is 10.5 Å². The van der Waals surface area contributed by atoms with E-state index in [-0.39, 0.29) is 17.4 Å². The summed E-state index contributed by atoms with van der Waals surface area (Å²) < 4.78 is 19.7. The average molecular weight is 360 g/mol. The van der Waals surface area contributed by atoms with Gasteiger partial charge in [-0.15, -0.1) is 0 Å². The van der Waals surface area contributed by atoms with Gasteiger partial charge in [0.1, 0.15) is 11.6 Å². The van der Waals surface area contributed by atoms with Gasteiger partial charge in [0.15, 0.2) is 5.69 Å². The van der Waals surface area contributed by atoms with E-state index in [1.807, 2.05) is 0 Å². The predicted octanol–water partition coefficient (Wildman–Crippen LogP) is 4.14. The number of benzene rings is 2. The van der Waals surface area contributed by atoms with Gasteiger partial charge in [-0.05, 0) is 54.1 Å². The quantitative estimate of drug-likeness (QED) is 0.761. The zero-order valence-corrected chi connectivity index (χ0v) is 14.3. The summed E-state index contributed by atoms with van der Waals surface area (Å²) in [6.45, 7) is 0. The molecule has 0 atom stereocenters. The Morgan fingerprint density at radius 2 is 1.92 bits per heavy atom. The number of aromatic nitrogens is 2. The van der Waals surface area contributed by atoms with Gasteiger partial charge in [0.05, 0.1) is 17.8 Å². The molecule has 3 aromatic rings. The second-order valence-electron chi connectivity index (χ2n) is 5.35. The van der Waals surface area contributed by atoms with Crippen molar-refractivity contribution < 1.29 is 13.9 Å². The van der Waals surface area contributed by atoms with E-state index in [4.69, 9.17) is 16.3 Å². The smallest absolute Gasteiger partial charge is 0.276 e. The standard InChI is InChI=1S/C18H15ClFN3O2/c1-23-16(11-3-5-12(20)6-4-11)10-15(22-23)18(24)21-13-7-8-17(25-2)14(19)9-13/h3-10H,1-2H3,(H,21,24). The summed E-state index contributed by atoms with van der Waals surface area (Å²) in [4.78, 5) is 12.4. The fourth-order valence-corrected chi connectivity index (χ4v) is 2.67. The zero-order chi connectivity index (χ0) is 18.0. The number of anilines is 1. The van der Waals surface area contributed by atoms with Crippen molar-refractivity contribution in [2.24, 2.45) is 7.05 Å². The third-order valence-corrected chi connectivity index (χ3v) is 3.96. The second kappa shape index (κ2) is 6.94. The van der Waals surface area contributed by atoms with Gasteiger partial charge < -0.3 is 10.1 Å². The lowest BCUT2D eigenvalue weighted by Crippen LogP contribution is -2.13. The number of halogens is 2. The first-order valence-electron chi connectivity index (χ1n) is 7.43. The van der Waals surface area contributed by atoms with Gasteiger partial charge in [-0.3, -0.25) is 9.48 Å². The molecule has 0 saturated carbocycles. The highest BCUT2D eigenvalue weighted by Gasteiger charge is 2.15. The molecule has 0 fully saturated rings. The van der Waals surface area contributed by atoms with Crippen molar-refractivity contribution in [1.29, 1.82) is 0 Å². The summed E-state index contributed by atoms with van der Waals surface area (Å²) in [5.41, 5.74) is 2.25. The molecule has 1 aromatic heterocycles. The van der Waals surface area contributed by atoms with E-state index in [0.29, 0.717) is 22.2 Å². The lowest BCUT2D eigenvalue weighted by molar-refractivity contribution is 0.102. The highest BCUT2D eigenvalue weighted by molar-refractivity contribution is 6.32. The molecule has 2 aromatic carbocycles. The summed E-state index contributed by atoms with van der Waals surface area (Å²) in [7, 11) is 3.24. The maximum atomic E-state index is 13.1. The van der Waals surface area contributed by atoms with Gasteiger partial charge in [-0.25, -0.2) is 4.39 Å². The molecule has 0 aliphatic carbocycles. The monoisotopic (exact) mass is 359 g/mol. The highest BCUT2D eigenvalue weighted by atomic mass is 35.5. The third kappa shape index (κ3) is 3.64. The molecule has 3 rings (SSSR count). The molecular weight excluding hydrogens is 345 g/mol. The largest absolute Gasteiger partial charge is 0.495 e. The van der Waals surface area contributed by atoms with Crippen LogP contribution in [0.4, 0.5) is 10.1 Å². The Kier molecular flexibility index (Phi) is 4.72. The highest BCUT2D eigenvalue weighted by Crippen LogP contribution is 2.27. The topological polar surface area (TPSA) is 56.1 Å². The van der Waals surface area contributed by atoms with Gasteiger partial charge in [0.25, 0.3) is 5.91 Å². The second-order valence-corrected chi connectivity index (χ2v) is 5.76. The molecule has 0 radical (unpaired) electrons. The van der Waals surface area contributed by atoms with Gasteiger partial charge in [-0.2, -0.15) is 5.10 Å². The number of ether oxygens (including phenoxy) is 1. The molecule has 0 aliphatic heterocycles. The first-order valence-corrected chi connectivity index (χ1v) is 7.80. The number of hydrogen-bond acceptors (Lipinski definition) is 3. The number of amides is 1. The Morgan fingerprint density at radius 1 is 1.20 bits per heavy atom. The SMILES string of the molecule is COc1ccc(NC(=O)c2cc(-c3ccc(F)cc3)n(C)n2)cc1Cl. The van der Waals surface area contributed by atoms with Gasteiger partial charge in [0, 0.05) is 12.7 Å². The summed E-state index contributed by atoms with van der Waals surface area (Å²) in [5.74, 6) is -0.165. The number of carbonyl (C=O) groups is 1. The molecule has 0 spiro atoms. The summed E-state index contributed by atoms with van der Waals surface area (Å²) in [5, 5.41) is 7.35. The first kappa shape index (κ1) is 17.0. The average Bonchev–Trinajstić information content (AvgIpc) is 2.98. The van der Waals surface area contributed by atoms with Crippen LogP contribution < -0.4 is 10.1 Å². The zero-order valence-electron chi connectivity index (χ0n) is 13.6. The molecule has 0 unspecified atom stereocenters. The van der Waals surface area contributed by atoms with E-state index in [1.54, 1.807) is 48.1 Å². The van der Waals surface area contributed by atoms with Crippen LogP contribution in [-0.4, -0.2) is 22.8 Å². The van der Waals surface area contributed by atoms with Crippen molar-refractivity contribution in [2.75, 3.05) is 12.4 Å². The van der Waals surface area contributed by atoms with Crippen LogP contribution in [0.3, 0.4) is 0 Å². The van der Waals surface area contributed by atoms with E-state index in [1.165, 1.54) is 19.2 Å². The first-order chi connectivity index (χ1) is 12.0. The van der Waals surface area contributed by atoms with E-state index < -0.39 is 0 Å². The number of rotatable bonds is 4. The maximum Gasteiger partial charge on any atom is 0.276 e. The minimum absolute atomic E-state index is 0.244. The van der Waals surface area contributed by atoms with Crippen LogP contribution in [0.25, 0.3) is 11.3 Å². The lowest BCUT2D eigenvalue weighted by Gasteiger charge is -2.06. The lowest BCUT2D eigenvalue weighted by atomic mass is 10.1. The van der Waals surface area contributed by atoms with Gasteiger partial charge in [-0.1, -0.05) is 11.6 Å². The third-order valence-electron chi connectivity index (χ3n) is 3.66. The molecule has 5 nitrogen and oxygen atoms in total. The van der Waals surface area contributed by atoms with Crippen molar-refractivity contribution in [3.63, 3.8) is 0 Å². The van der Waals surface area contributed by atoms with Crippen LogP contribution in [0, 0.1) is 5.82 Å². The van der Waals surface area contributed by atoms with Crippen LogP contribution in [0.5, 0.6) is 5.75 Å². The number of hydrogen-bond donors (Lipinski definition) is 1. The molecule has 7 heteroatoms. The Hall–Kier alpha value is -2.86. The normalized spacial score (nSPS) is 10.6. The Morgan fingerprint density at radius 3 is 2.56 bits per heavy atom. The van der Waals surface area contributed by atoms with Crippen molar-refractivity contribution in [2.45, 2.75) is 0 Å². The Labute approximate surface area is 149 Å². The molecule has 25 heavy (non-hydrogen) atoms. The van der Waals surface area contributed by atoms with E-state index >= 15 is 0 Å². The maximum absolute atomic E-state index is 13.1. The number of nitrogens with one attached hydrogen (secondary N) is 1. The summed E-state index contributed by atoms with van der Waals surface area (Å²) in [6, 6.07) is 12.6. The van der Waals surface area contributed by atoms with Crippen LogP contribution in [0.2, 0.25) is 5.02 Å². The molecule has 1 heterocycles. The fraction of sp³-hybridized carbons (Fsp3) is 0.111. The molecule has 0 aliphatic rings. The molecule has 0 bridgehead atoms. The van der Waals surface area contributed by atoms with E-state index in [0.717, 1.165) is 5.56 Å². The van der Waals surface area contributed by atoms with Crippen molar-refractivity contribution in [3.8, 4) is 17.0 Å². The fourth-order valence-electron chi connectivity index (χ4n) is 2.41. The van der Waals surface area contributed by atoms with Gasteiger partial charge >= 0.3 is 0 Å². The Bertz CT molecular complexity index is 923. The number of carbonyl (C=O) groups excluding carboxylic acids is 1. The molecule has 128 valence electrons. The van der Waals surface area contributed by atoms with Crippen molar-refractivity contribution in [3.05, 3.63) is 65.1 Å². The van der Waals surface area contributed by atoms with Crippen LogP contribution in [-0.2, 0) is 7.05 Å². The molecule has 0 saturated heterocycles. The molecule has 1 N–H and O–H groups in total. The van der Waals surface area contributed by atoms with E-state index in [2.05, 4.69) is 10.4 Å². The minimum Gasteiger partial charge on any atom is -0.495 e. The van der Waals surface area contributed by atoms with Crippen LogP contribution >= 0.6 is 11.6 Å².